The monoisotopic (exact) mass is 351 g/mol. The summed E-state index contributed by atoms with van der Waals surface area (Å²) < 4.78 is 18.4. The molecule has 0 saturated carbocycles. The maximum atomic E-state index is 13.0. The molecule has 2 atom stereocenters. The van der Waals surface area contributed by atoms with Crippen LogP contribution in [0.5, 0.6) is 0 Å². The fourth-order valence-corrected chi connectivity index (χ4v) is 3.30. The van der Waals surface area contributed by atoms with Crippen molar-refractivity contribution in [1.29, 1.82) is 0 Å². The van der Waals surface area contributed by atoms with Crippen molar-refractivity contribution >= 4 is 5.91 Å². The first-order valence-corrected chi connectivity index (χ1v) is 8.56. The van der Waals surface area contributed by atoms with Gasteiger partial charge < -0.3 is 9.42 Å². The van der Waals surface area contributed by atoms with Crippen molar-refractivity contribution < 1.29 is 13.7 Å². The highest BCUT2D eigenvalue weighted by Gasteiger charge is 2.36. The summed E-state index contributed by atoms with van der Waals surface area (Å²) >= 11 is 0. The molecule has 5 nitrogen and oxygen atoms in total. The van der Waals surface area contributed by atoms with Crippen molar-refractivity contribution in [2.75, 3.05) is 6.54 Å². The summed E-state index contributed by atoms with van der Waals surface area (Å²) in [6, 6.07) is 15.8. The highest BCUT2D eigenvalue weighted by atomic mass is 19.1. The second-order valence-corrected chi connectivity index (χ2v) is 6.50. The highest BCUT2D eigenvalue weighted by Crippen LogP contribution is 2.33. The van der Waals surface area contributed by atoms with Crippen molar-refractivity contribution in [2.24, 2.45) is 0 Å². The van der Waals surface area contributed by atoms with Gasteiger partial charge in [-0.1, -0.05) is 35.5 Å². The van der Waals surface area contributed by atoms with Gasteiger partial charge in [0.05, 0.1) is 6.04 Å². The van der Waals surface area contributed by atoms with Crippen molar-refractivity contribution in [1.82, 2.24) is 15.0 Å². The van der Waals surface area contributed by atoms with Gasteiger partial charge in [-0.05, 0) is 36.8 Å². The third-order valence-corrected chi connectivity index (χ3v) is 4.81. The Hall–Kier alpha value is -3.02. The SMILES string of the molecule is CC(c1ccccc1)N1CC(c2noc(-c3ccc(F)cc3)n2)CC1=O. The molecule has 1 aliphatic heterocycles. The lowest BCUT2D eigenvalue weighted by molar-refractivity contribution is -0.129. The summed E-state index contributed by atoms with van der Waals surface area (Å²) in [7, 11) is 0. The predicted octanol–water partition coefficient (Wildman–Crippen LogP) is 3.95. The van der Waals surface area contributed by atoms with Gasteiger partial charge in [0.25, 0.3) is 5.89 Å². The zero-order valence-electron chi connectivity index (χ0n) is 14.3. The molecule has 1 fully saturated rings. The van der Waals surface area contributed by atoms with Gasteiger partial charge in [0.2, 0.25) is 5.91 Å². The quantitative estimate of drug-likeness (QED) is 0.714. The molecule has 2 unspecified atom stereocenters. The van der Waals surface area contributed by atoms with Gasteiger partial charge in [0.15, 0.2) is 5.82 Å². The van der Waals surface area contributed by atoms with E-state index in [9.17, 15) is 9.18 Å². The fourth-order valence-electron chi connectivity index (χ4n) is 3.30. The first-order valence-electron chi connectivity index (χ1n) is 8.56. The molecular formula is C20H18FN3O2. The van der Waals surface area contributed by atoms with E-state index in [-0.39, 0.29) is 23.7 Å². The van der Waals surface area contributed by atoms with Crippen LogP contribution in [0.3, 0.4) is 0 Å². The van der Waals surface area contributed by atoms with E-state index in [2.05, 4.69) is 10.1 Å². The zero-order valence-corrected chi connectivity index (χ0v) is 14.3. The highest BCUT2D eigenvalue weighted by molar-refractivity contribution is 5.80. The number of benzene rings is 2. The van der Waals surface area contributed by atoms with Crippen LogP contribution in [0.25, 0.3) is 11.5 Å². The summed E-state index contributed by atoms with van der Waals surface area (Å²) in [5.41, 5.74) is 1.76. The molecule has 2 heterocycles. The third kappa shape index (κ3) is 3.10. The number of amides is 1. The first kappa shape index (κ1) is 16.4. The summed E-state index contributed by atoms with van der Waals surface area (Å²) in [4.78, 5) is 18.8. The van der Waals surface area contributed by atoms with Crippen LogP contribution in [0.4, 0.5) is 4.39 Å². The normalized spacial score (nSPS) is 18.3. The molecule has 3 aromatic rings. The van der Waals surface area contributed by atoms with Gasteiger partial charge in [-0.2, -0.15) is 4.98 Å². The van der Waals surface area contributed by atoms with Crippen molar-refractivity contribution in [2.45, 2.75) is 25.3 Å². The number of halogens is 1. The molecule has 4 rings (SSSR count). The molecule has 0 bridgehead atoms. The lowest BCUT2D eigenvalue weighted by Gasteiger charge is -2.25. The molecule has 0 radical (unpaired) electrons. The van der Waals surface area contributed by atoms with Crippen molar-refractivity contribution in [3.8, 4) is 11.5 Å². The number of rotatable bonds is 4. The van der Waals surface area contributed by atoms with E-state index in [0.29, 0.717) is 30.2 Å². The van der Waals surface area contributed by atoms with E-state index in [4.69, 9.17) is 4.52 Å². The zero-order chi connectivity index (χ0) is 18.1. The van der Waals surface area contributed by atoms with Crippen LogP contribution in [-0.4, -0.2) is 27.5 Å². The predicted molar refractivity (Wildman–Crippen MR) is 93.6 cm³/mol. The van der Waals surface area contributed by atoms with E-state index in [1.165, 1.54) is 12.1 Å². The van der Waals surface area contributed by atoms with Gasteiger partial charge in [-0.15, -0.1) is 0 Å². The van der Waals surface area contributed by atoms with Gasteiger partial charge in [0, 0.05) is 24.4 Å². The molecular weight excluding hydrogens is 333 g/mol. The minimum Gasteiger partial charge on any atom is -0.335 e. The van der Waals surface area contributed by atoms with E-state index in [1.54, 1.807) is 12.1 Å². The van der Waals surface area contributed by atoms with E-state index in [1.807, 2.05) is 42.2 Å². The van der Waals surface area contributed by atoms with Crippen LogP contribution >= 0.6 is 0 Å². The van der Waals surface area contributed by atoms with E-state index >= 15 is 0 Å². The number of hydrogen-bond acceptors (Lipinski definition) is 4. The fraction of sp³-hybridized carbons (Fsp3) is 0.250. The first-order chi connectivity index (χ1) is 12.6. The molecule has 1 saturated heterocycles. The maximum absolute atomic E-state index is 13.0. The second-order valence-electron chi connectivity index (χ2n) is 6.50. The molecule has 0 N–H and O–H groups in total. The van der Waals surface area contributed by atoms with Gasteiger partial charge in [-0.3, -0.25) is 4.79 Å². The minimum atomic E-state index is -0.319. The molecule has 1 aliphatic rings. The summed E-state index contributed by atoms with van der Waals surface area (Å²) in [5, 5.41) is 4.04. The molecule has 1 amide bonds. The lowest BCUT2D eigenvalue weighted by Crippen LogP contribution is -2.28. The lowest BCUT2D eigenvalue weighted by atomic mass is 10.1. The Bertz CT molecular complexity index is 908. The summed E-state index contributed by atoms with van der Waals surface area (Å²) in [6.07, 6.45) is 0.361. The Morgan fingerprint density at radius 1 is 1.15 bits per heavy atom. The van der Waals surface area contributed by atoms with Crippen LogP contribution in [-0.2, 0) is 4.79 Å². The molecule has 2 aromatic carbocycles. The number of carbonyl (C=O) groups excluding carboxylic acids is 1. The van der Waals surface area contributed by atoms with E-state index in [0.717, 1.165) is 5.56 Å². The Labute approximate surface area is 150 Å². The number of nitrogens with zero attached hydrogens (tertiary/aromatic N) is 3. The average Bonchev–Trinajstić information content (AvgIpc) is 3.29. The van der Waals surface area contributed by atoms with Crippen LogP contribution in [0, 0.1) is 5.82 Å². The molecule has 6 heteroatoms. The molecule has 0 aliphatic carbocycles. The number of aromatic nitrogens is 2. The van der Waals surface area contributed by atoms with E-state index < -0.39 is 0 Å². The van der Waals surface area contributed by atoms with Crippen molar-refractivity contribution in [3.05, 3.63) is 71.8 Å². The smallest absolute Gasteiger partial charge is 0.257 e. The number of hydrogen-bond donors (Lipinski definition) is 0. The van der Waals surface area contributed by atoms with Crippen LogP contribution in [0.1, 0.15) is 36.7 Å². The second kappa shape index (κ2) is 6.71. The summed E-state index contributed by atoms with van der Waals surface area (Å²) in [6.45, 7) is 2.58. The number of carbonyl (C=O) groups is 1. The third-order valence-electron chi connectivity index (χ3n) is 4.81. The maximum Gasteiger partial charge on any atom is 0.257 e. The van der Waals surface area contributed by atoms with Gasteiger partial charge in [0.1, 0.15) is 5.82 Å². The molecule has 1 aromatic heterocycles. The van der Waals surface area contributed by atoms with Crippen LogP contribution < -0.4 is 0 Å². The Kier molecular flexibility index (Phi) is 4.24. The van der Waals surface area contributed by atoms with Crippen molar-refractivity contribution in [3.63, 3.8) is 0 Å². The Balaban J connectivity index is 1.51. The topological polar surface area (TPSA) is 59.2 Å². The number of likely N-dealkylation sites (tertiary alicyclic amines) is 1. The van der Waals surface area contributed by atoms with Gasteiger partial charge >= 0.3 is 0 Å². The van der Waals surface area contributed by atoms with Gasteiger partial charge in [-0.25, -0.2) is 4.39 Å². The Morgan fingerprint density at radius 2 is 1.88 bits per heavy atom. The van der Waals surface area contributed by atoms with Crippen LogP contribution in [0.2, 0.25) is 0 Å². The molecule has 132 valence electrons. The molecule has 0 spiro atoms. The minimum absolute atomic E-state index is 0.00262. The van der Waals surface area contributed by atoms with Crippen LogP contribution in [0.15, 0.2) is 59.1 Å². The standard InChI is InChI=1S/C20H18FN3O2/c1-13(14-5-3-2-4-6-14)24-12-16(11-18(24)25)19-22-20(26-23-19)15-7-9-17(21)10-8-15/h2-10,13,16H,11-12H2,1H3. The largest absolute Gasteiger partial charge is 0.335 e. The summed E-state index contributed by atoms with van der Waals surface area (Å²) in [5.74, 6) is 0.508. The average molecular weight is 351 g/mol. The molecule has 26 heavy (non-hydrogen) atoms. The Morgan fingerprint density at radius 3 is 2.62 bits per heavy atom.